The summed E-state index contributed by atoms with van der Waals surface area (Å²) in [7, 11) is 0. The molecule has 0 atom stereocenters. The Morgan fingerprint density at radius 3 is 2.70 bits per heavy atom. The zero-order valence-electron chi connectivity index (χ0n) is 16.5. The number of aromatic nitrogens is 2. The number of ether oxygens (including phenoxy) is 1. The molecule has 5 nitrogen and oxygen atoms in total. The number of nitrogens with one attached hydrogen (secondary N) is 1. The van der Waals surface area contributed by atoms with E-state index in [9.17, 15) is 4.79 Å². The topological polar surface area (TPSA) is 48.2 Å². The first-order valence-corrected chi connectivity index (χ1v) is 10.5. The van der Waals surface area contributed by atoms with Crippen molar-refractivity contribution in [1.82, 2.24) is 14.5 Å². The zero-order chi connectivity index (χ0) is 20.5. The second kappa shape index (κ2) is 8.01. The molecular formula is C24H22ClN3O2. The van der Waals surface area contributed by atoms with Crippen LogP contribution in [0.15, 0.2) is 71.7 Å². The van der Waals surface area contributed by atoms with Gasteiger partial charge in [0, 0.05) is 65.6 Å². The van der Waals surface area contributed by atoms with E-state index >= 15 is 0 Å². The Kier molecular flexibility index (Phi) is 5.07. The predicted octanol–water partition coefficient (Wildman–Crippen LogP) is 4.17. The molecule has 1 aliphatic rings. The molecule has 6 heteroatoms. The predicted molar refractivity (Wildman–Crippen MR) is 120 cm³/mol. The Balaban J connectivity index is 1.39. The second-order valence-electron chi connectivity index (χ2n) is 7.52. The van der Waals surface area contributed by atoms with Crippen LogP contribution in [0.2, 0.25) is 5.02 Å². The van der Waals surface area contributed by atoms with Crippen LogP contribution in [0.1, 0.15) is 11.3 Å². The highest BCUT2D eigenvalue weighted by Crippen LogP contribution is 2.24. The monoisotopic (exact) mass is 419 g/mol. The van der Waals surface area contributed by atoms with E-state index in [1.54, 1.807) is 10.8 Å². The molecule has 0 unspecified atom stereocenters. The summed E-state index contributed by atoms with van der Waals surface area (Å²) in [5.41, 5.74) is 4.29. The number of nitrogens with zero attached hydrogens (tertiary/aromatic N) is 2. The molecule has 2 aromatic carbocycles. The second-order valence-corrected chi connectivity index (χ2v) is 7.95. The van der Waals surface area contributed by atoms with Crippen LogP contribution in [0, 0.1) is 0 Å². The largest absolute Gasteiger partial charge is 0.489 e. The van der Waals surface area contributed by atoms with Gasteiger partial charge in [-0.1, -0.05) is 23.7 Å². The maximum atomic E-state index is 12.7. The first-order chi connectivity index (χ1) is 14.7. The van der Waals surface area contributed by atoms with Gasteiger partial charge >= 0.3 is 0 Å². The van der Waals surface area contributed by atoms with Crippen molar-refractivity contribution in [1.29, 1.82) is 0 Å². The third-order valence-corrected chi connectivity index (χ3v) is 5.78. The van der Waals surface area contributed by atoms with Gasteiger partial charge in [0.25, 0.3) is 5.56 Å². The van der Waals surface area contributed by atoms with Gasteiger partial charge in [0.05, 0.1) is 0 Å². The van der Waals surface area contributed by atoms with E-state index < -0.39 is 0 Å². The lowest BCUT2D eigenvalue weighted by Crippen LogP contribution is -2.17. The van der Waals surface area contributed by atoms with Crippen LogP contribution < -0.4 is 15.6 Å². The molecule has 0 fully saturated rings. The number of hydrogen-bond donors (Lipinski definition) is 1. The van der Waals surface area contributed by atoms with Crippen molar-refractivity contribution in [2.24, 2.45) is 0 Å². The third kappa shape index (κ3) is 3.74. The highest BCUT2D eigenvalue weighted by Gasteiger charge is 2.12. The number of rotatable bonds is 4. The summed E-state index contributed by atoms with van der Waals surface area (Å²) in [6, 6.07) is 19.3. The summed E-state index contributed by atoms with van der Waals surface area (Å²) in [6.45, 7) is 3.34. The molecule has 2 aromatic heterocycles. The Morgan fingerprint density at radius 2 is 1.87 bits per heavy atom. The molecule has 30 heavy (non-hydrogen) atoms. The van der Waals surface area contributed by atoms with Gasteiger partial charge in [-0.2, -0.15) is 0 Å². The molecule has 1 aliphatic heterocycles. The first-order valence-electron chi connectivity index (χ1n) is 10.1. The normalized spacial score (nSPS) is 13.8. The average molecular weight is 420 g/mol. The van der Waals surface area contributed by atoms with Crippen molar-refractivity contribution in [3.05, 3.63) is 93.5 Å². The van der Waals surface area contributed by atoms with Gasteiger partial charge in [-0.3, -0.25) is 9.36 Å². The molecule has 0 radical (unpaired) electrons. The molecule has 1 N–H and O–H groups in total. The number of pyridine rings is 1. The molecule has 0 amide bonds. The lowest BCUT2D eigenvalue weighted by Gasteiger charge is -2.10. The molecule has 0 saturated heterocycles. The fraction of sp³-hybridized carbons (Fsp3) is 0.208. The quantitative estimate of drug-likeness (QED) is 0.540. The van der Waals surface area contributed by atoms with Crippen LogP contribution in [0.4, 0.5) is 0 Å². The Bertz CT molecular complexity index is 1260. The maximum absolute atomic E-state index is 12.7. The third-order valence-electron chi connectivity index (χ3n) is 5.53. The van der Waals surface area contributed by atoms with Gasteiger partial charge in [-0.25, -0.2) is 0 Å². The van der Waals surface area contributed by atoms with Crippen LogP contribution in [0.3, 0.4) is 0 Å². The van der Waals surface area contributed by atoms with Crippen LogP contribution >= 0.6 is 11.6 Å². The van der Waals surface area contributed by atoms with E-state index in [-0.39, 0.29) is 5.56 Å². The molecule has 0 saturated carbocycles. The summed E-state index contributed by atoms with van der Waals surface area (Å²) in [5.74, 6) is 0.551. The van der Waals surface area contributed by atoms with Gasteiger partial charge in [-0.05, 0) is 48.0 Å². The smallest absolute Gasteiger partial charge is 0.258 e. The Hall–Kier alpha value is -3.02. The van der Waals surface area contributed by atoms with E-state index in [4.69, 9.17) is 16.3 Å². The SMILES string of the molecule is O=c1cc(OCc2ccc(Cl)cc2)ccn1-c1ccc2c(c1)cc1n2CCNCC1. The van der Waals surface area contributed by atoms with Gasteiger partial charge in [-0.15, -0.1) is 0 Å². The van der Waals surface area contributed by atoms with Crippen molar-refractivity contribution in [2.45, 2.75) is 19.6 Å². The van der Waals surface area contributed by atoms with E-state index in [0.29, 0.717) is 17.4 Å². The van der Waals surface area contributed by atoms with Gasteiger partial charge < -0.3 is 14.6 Å². The van der Waals surface area contributed by atoms with Gasteiger partial charge in [0.15, 0.2) is 0 Å². The molecule has 3 heterocycles. The van der Waals surface area contributed by atoms with Crippen LogP contribution in [0.5, 0.6) is 5.75 Å². The minimum absolute atomic E-state index is 0.118. The van der Waals surface area contributed by atoms with E-state index in [1.807, 2.05) is 36.4 Å². The zero-order valence-corrected chi connectivity index (χ0v) is 17.2. The number of halogens is 1. The first kappa shape index (κ1) is 19.0. The lowest BCUT2D eigenvalue weighted by molar-refractivity contribution is 0.305. The molecule has 4 aromatic rings. The maximum Gasteiger partial charge on any atom is 0.258 e. The van der Waals surface area contributed by atoms with Crippen LogP contribution in [0.25, 0.3) is 16.6 Å². The minimum atomic E-state index is -0.118. The Morgan fingerprint density at radius 1 is 1.00 bits per heavy atom. The van der Waals surface area contributed by atoms with Gasteiger partial charge in [0.1, 0.15) is 12.4 Å². The van der Waals surface area contributed by atoms with Crippen LogP contribution in [-0.4, -0.2) is 22.2 Å². The van der Waals surface area contributed by atoms with E-state index in [1.165, 1.54) is 22.7 Å². The summed E-state index contributed by atoms with van der Waals surface area (Å²) < 4.78 is 9.80. The molecule has 152 valence electrons. The highest BCUT2D eigenvalue weighted by atomic mass is 35.5. The molecule has 0 aliphatic carbocycles. The summed E-state index contributed by atoms with van der Waals surface area (Å²) in [5, 5.41) is 5.29. The Labute approximate surface area is 179 Å². The number of benzene rings is 2. The molecular weight excluding hydrogens is 398 g/mol. The standard InChI is InChI=1S/C24H22ClN3O2/c25-19-3-1-17(2-4-19)16-30-22-8-11-28(24(29)15-22)20-5-6-23-18(13-20)14-21-7-9-26-10-12-27(21)23/h1-6,8,11,13-15,26H,7,9-10,12,16H2. The van der Waals surface area contributed by atoms with Crippen molar-refractivity contribution in [3.8, 4) is 11.4 Å². The molecule has 0 spiro atoms. The number of hydrogen-bond acceptors (Lipinski definition) is 3. The van der Waals surface area contributed by atoms with E-state index in [0.717, 1.165) is 37.3 Å². The fourth-order valence-corrected chi connectivity index (χ4v) is 4.11. The fourth-order valence-electron chi connectivity index (χ4n) is 3.98. The van der Waals surface area contributed by atoms with Crippen molar-refractivity contribution < 1.29 is 4.74 Å². The summed E-state index contributed by atoms with van der Waals surface area (Å²) in [4.78, 5) is 12.7. The molecule has 5 rings (SSSR count). The summed E-state index contributed by atoms with van der Waals surface area (Å²) >= 11 is 5.91. The van der Waals surface area contributed by atoms with Crippen molar-refractivity contribution in [3.63, 3.8) is 0 Å². The van der Waals surface area contributed by atoms with E-state index in [2.05, 4.69) is 28.1 Å². The summed E-state index contributed by atoms with van der Waals surface area (Å²) in [6.07, 6.45) is 2.79. The van der Waals surface area contributed by atoms with Gasteiger partial charge in [0.2, 0.25) is 0 Å². The molecule has 0 bridgehead atoms. The van der Waals surface area contributed by atoms with Crippen molar-refractivity contribution >= 4 is 22.5 Å². The van der Waals surface area contributed by atoms with Crippen LogP contribution in [-0.2, 0) is 19.6 Å². The lowest BCUT2D eigenvalue weighted by atomic mass is 10.2. The highest BCUT2D eigenvalue weighted by molar-refractivity contribution is 6.30. The minimum Gasteiger partial charge on any atom is -0.489 e. The average Bonchev–Trinajstić information content (AvgIpc) is 2.93. The van der Waals surface area contributed by atoms with Crippen molar-refractivity contribution in [2.75, 3.05) is 13.1 Å². The number of fused-ring (bicyclic) bond motifs is 3.